The van der Waals surface area contributed by atoms with Crippen LogP contribution in [0.25, 0.3) is 0 Å². The van der Waals surface area contributed by atoms with E-state index in [9.17, 15) is 39.0 Å². The second-order valence-corrected chi connectivity index (χ2v) is 9.97. The van der Waals surface area contributed by atoms with Crippen LogP contribution in [0.2, 0.25) is 0 Å². The van der Waals surface area contributed by atoms with Gasteiger partial charge in [0.25, 0.3) is 0 Å². The van der Waals surface area contributed by atoms with Crippen LogP contribution in [0, 0.1) is 0 Å². The first-order chi connectivity index (χ1) is 23.4. The third-order valence-electron chi connectivity index (χ3n) is 5.16. The van der Waals surface area contributed by atoms with Crippen LogP contribution in [0.3, 0.4) is 0 Å². The van der Waals surface area contributed by atoms with Crippen molar-refractivity contribution in [3.05, 3.63) is 72.9 Å². The number of hydrogen-bond donors (Lipinski definition) is 0. The Morgan fingerprint density at radius 2 is 0.580 bits per heavy atom. The smallest absolute Gasteiger partial charge is 0.545 e. The van der Waals surface area contributed by atoms with Crippen LogP contribution in [-0.4, -0.2) is 65.0 Å². The molecule has 276 valence electrons. The van der Waals surface area contributed by atoms with Crippen LogP contribution in [0.15, 0.2) is 72.9 Å². The Kier molecular flexibility index (Phi) is 40.0. The monoisotopic (exact) mass is 714 g/mol. The van der Waals surface area contributed by atoms with E-state index in [0.717, 1.165) is 87.8 Å². The van der Waals surface area contributed by atoms with E-state index in [2.05, 4.69) is 0 Å². The minimum atomic E-state index is -3.03. The van der Waals surface area contributed by atoms with Gasteiger partial charge in [0.05, 0.1) is 11.9 Å². The second kappa shape index (κ2) is 37.8. The number of hydrogen-bond acceptors (Lipinski definition) is 12. The van der Waals surface area contributed by atoms with Gasteiger partial charge in [0.1, 0.15) is 0 Å². The predicted molar refractivity (Wildman–Crippen MR) is 187 cm³/mol. The number of carboxylic acid groups (broad SMARTS) is 2. The molecule has 0 aliphatic rings. The summed E-state index contributed by atoms with van der Waals surface area (Å²) in [6, 6.07) is 0. The zero-order valence-electron chi connectivity index (χ0n) is 30.5. The van der Waals surface area contributed by atoms with Gasteiger partial charge >= 0.3 is 53.1 Å². The standard InChI is InChI=1S/C25H36O8.2C6H10O2.Mg/c1-5-9-13-17-21(26)30-25(31-22(27)18-14-10-6-2,32-23(28)19-15-11-7-3)33-24(29)20-16-12-8-4;2*1-2-3-4-5-6(7)8;/h13-20H,5-12H2,1-4H3;2*4-5H,2-3H2,1H3,(H,7,8);/q;;;+2/p-2. The Labute approximate surface area is 313 Å². The molecule has 0 aliphatic heterocycles. The Bertz CT molecular complexity index is 982. The molecule has 0 saturated heterocycles. The van der Waals surface area contributed by atoms with Crippen molar-refractivity contribution in [1.29, 1.82) is 0 Å². The molecule has 13 heteroatoms. The number of ether oxygens (including phenoxy) is 4. The minimum absolute atomic E-state index is 0. The van der Waals surface area contributed by atoms with Gasteiger partial charge in [-0.25, -0.2) is 19.2 Å². The molecule has 0 rings (SSSR count). The Hall–Kier alpha value is -3.97. The number of carbonyl (C=O) groups excluding carboxylic acids is 6. The van der Waals surface area contributed by atoms with Crippen LogP contribution in [0.5, 0.6) is 0 Å². The number of unbranched alkanes of at least 4 members (excludes halogenated alkanes) is 6. The van der Waals surface area contributed by atoms with E-state index in [1.54, 1.807) is 12.2 Å². The molecular formula is C37H54MgO12. The molecule has 0 amide bonds. The zero-order valence-corrected chi connectivity index (χ0v) is 31.9. The van der Waals surface area contributed by atoms with Crippen molar-refractivity contribution in [2.45, 2.75) is 125 Å². The van der Waals surface area contributed by atoms with E-state index < -0.39 is 42.0 Å². The fraction of sp³-hybridized carbons (Fsp3) is 0.514. The number of carbonyl (C=O) groups is 6. The summed E-state index contributed by atoms with van der Waals surface area (Å²) in [4.78, 5) is 68.6. The fourth-order valence-electron chi connectivity index (χ4n) is 2.83. The van der Waals surface area contributed by atoms with Crippen molar-refractivity contribution in [2.24, 2.45) is 0 Å². The Balaban J connectivity index is -0.000000510. The van der Waals surface area contributed by atoms with Gasteiger partial charge in [-0.15, -0.1) is 0 Å². The summed E-state index contributed by atoms with van der Waals surface area (Å²) in [5, 5.41) is 19.4. The first kappa shape index (κ1) is 52.8. The first-order valence-electron chi connectivity index (χ1n) is 16.7. The van der Waals surface area contributed by atoms with Crippen molar-refractivity contribution < 1.29 is 57.9 Å². The van der Waals surface area contributed by atoms with Crippen LogP contribution < -0.4 is 10.2 Å². The van der Waals surface area contributed by atoms with Gasteiger partial charge in [-0.3, -0.25) is 0 Å². The molecule has 0 aromatic heterocycles. The number of aliphatic carboxylic acids is 2. The molecule has 0 saturated carbocycles. The third-order valence-corrected chi connectivity index (χ3v) is 5.16. The molecule has 50 heavy (non-hydrogen) atoms. The molecular weight excluding hydrogens is 661 g/mol. The van der Waals surface area contributed by atoms with E-state index in [1.165, 1.54) is 24.3 Å². The zero-order chi connectivity index (χ0) is 37.8. The maximum Gasteiger partial charge on any atom is 2.00 e. The summed E-state index contributed by atoms with van der Waals surface area (Å²) < 4.78 is 20.2. The topological polar surface area (TPSA) is 185 Å². The average molecular weight is 715 g/mol. The first-order valence-corrected chi connectivity index (χ1v) is 16.7. The van der Waals surface area contributed by atoms with Crippen molar-refractivity contribution in [3.8, 4) is 0 Å². The Morgan fingerprint density at radius 1 is 0.400 bits per heavy atom. The number of esters is 4. The second-order valence-electron chi connectivity index (χ2n) is 9.97. The molecule has 0 aromatic carbocycles. The summed E-state index contributed by atoms with van der Waals surface area (Å²) in [7, 11) is 0. The normalized spacial score (nSPS) is 12.1. The van der Waals surface area contributed by atoms with Crippen LogP contribution >= 0.6 is 0 Å². The maximum atomic E-state index is 12.3. The largest absolute Gasteiger partial charge is 2.00 e. The fourth-order valence-corrected chi connectivity index (χ4v) is 2.83. The van der Waals surface area contributed by atoms with E-state index in [4.69, 9.17) is 18.9 Å². The quantitative estimate of drug-likeness (QED) is 0.0633. The van der Waals surface area contributed by atoms with Gasteiger partial charge in [0, 0.05) is 24.3 Å². The molecule has 0 fully saturated rings. The Morgan fingerprint density at radius 3 is 0.740 bits per heavy atom. The van der Waals surface area contributed by atoms with Crippen molar-refractivity contribution in [1.82, 2.24) is 0 Å². The van der Waals surface area contributed by atoms with Gasteiger partial charge in [-0.1, -0.05) is 117 Å². The minimum Gasteiger partial charge on any atom is -0.545 e. The number of carboxylic acids is 2. The summed E-state index contributed by atoms with van der Waals surface area (Å²) in [6.45, 7) is 11.6. The van der Waals surface area contributed by atoms with Gasteiger partial charge in [-0.2, -0.15) is 0 Å². The summed E-state index contributed by atoms with van der Waals surface area (Å²) >= 11 is 0. The predicted octanol–water partition coefficient (Wildman–Crippen LogP) is 5.00. The molecule has 0 aromatic rings. The van der Waals surface area contributed by atoms with Gasteiger partial charge < -0.3 is 38.7 Å². The molecule has 0 heterocycles. The van der Waals surface area contributed by atoms with E-state index in [0.29, 0.717) is 25.7 Å². The van der Waals surface area contributed by atoms with Gasteiger partial charge in [0.15, 0.2) is 0 Å². The van der Waals surface area contributed by atoms with Crippen LogP contribution in [0.1, 0.15) is 119 Å². The molecule has 0 spiro atoms. The van der Waals surface area contributed by atoms with Crippen LogP contribution in [0.4, 0.5) is 0 Å². The molecule has 0 atom stereocenters. The average Bonchev–Trinajstić information content (AvgIpc) is 3.02. The summed E-state index contributed by atoms with van der Waals surface area (Å²) in [6.07, 6.45) is 21.7. The van der Waals surface area contributed by atoms with Gasteiger partial charge in [0.2, 0.25) is 0 Å². The molecule has 0 radical (unpaired) electrons. The van der Waals surface area contributed by atoms with E-state index >= 15 is 0 Å². The van der Waals surface area contributed by atoms with Crippen molar-refractivity contribution in [3.63, 3.8) is 0 Å². The maximum absolute atomic E-state index is 12.3. The van der Waals surface area contributed by atoms with Crippen molar-refractivity contribution >= 4 is 58.9 Å². The van der Waals surface area contributed by atoms with Crippen molar-refractivity contribution in [2.75, 3.05) is 0 Å². The molecule has 12 nitrogen and oxygen atoms in total. The molecule has 0 unspecified atom stereocenters. The summed E-state index contributed by atoms with van der Waals surface area (Å²) in [5.41, 5.74) is 0. The van der Waals surface area contributed by atoms with Crippen LogP contribution in [-0.2, 0) is 47.7 Å². The number of allylic oxidation sites excluding steroid dienone is 6. The van der Waals surface area contributed by atoms with Gasteiger partial charge in [-0.05, 0) is 50.7 Å². The summed E-state index contributed by atoms with van der Waals surface area (Å²) in [5.74, 6) is -6.32. The molecule has 0 N–H and O–H groups in total. The molecule has 0 aliphatic carbocycles. The third kappa shape index (κ3) is 38.5. The van der Waals surface area contributed by atoms with E-state index in [1.807, 2.05) is 41.5 Å². The van der Waals surface area contributed by atoms with E-state index in [-0.39, 0.29) is 23.1 Å². The SMILES string of the molecule is CCCC=CC(=O)OC(OC(=O)C=CCCC)(OC(=O)C=CCCC)OC(=O)C=CCCC.CCCC=CC(=O)[O-].CCCC=CC(=O)[O-].[Mg+2]. The number of rotatable bonds is 22. The molecule has 0 bridgehead atoms.